The molecule has 0 fully saturated rings. The van der Waals surface area contributed by atoms with Crippen LogP contribution in [0.15, 0.2) is 24.4 Å². The number of hydrogen-bond donors (Lipinski definition) is 1. The van der Waals surface area contributed by atoms with E-state index in [0.29, 0.717) is 6.42 Å². The van der Waals surface area contributed by atoms with Gasteiger partial charge < -0.3 is 10.5 Å². The Morgan fingerprint density at radius 3 is 2.75 bits per heavy atom. The Balaban J connectivity index is 1.99. The van der Waals surface area contributed by atoms with E-state index in [1.165, 1.54) is 0 Å². The lowest BCUT2D eigenvalue weighted by atomic mass is 10.1. The molecule has 106 valence electrons. The number of halogens is 2. The summed E-state index contributed by atoms with van der Waals surface area (Å²) in [7, 11) is 1.77. The maximum atomic E-state index is 13.1. The Bertz CT molecular complexity index is 641. The van der Waals surface area contributed by atoms with Crippen molar-refractivity contribution in [2.24, 2.45) is 7.05 Å². The molecule has 0 aliphatic rings. The van der Waals surface area contributed by atoms with Crippen LogP contribution in [0.5, 0.6) is 0 Å². The summed E-state index contributed by atoms with van der Waals surface area (Å²) in [4.78, 5) is 11.7. The third-order valence-electron chi connectivity index (χ3n) is 2.83. The second kappa shape index (κ2) is 5.68. The molecule has 7 heteroatoms. The Morgan fingerprint density at radius 2 is 2.10 bits per heavy atom. The van der Waals surface area contributed by atoms with Gasteiger partial charge in [-0.15, -0.1) is 0 Å². The topological polar surface area (TPSA) is 70.1 Å². The van der Waals surface area contributed by atoms with Gasteiger partial charge in [-0.2, -0.15) is 5.10 Å². The second-order valence-corrected chi connectivity index (χ2v) is 4.19. The first kappa shape index (κ1) is 14.0. The Hall–Kier alpha value is -2.44. The summed E-state index contributed by atoms with van der Waals surface area (Å²) in [6.45, 7) is 0.0940. The van der Waals surface area contributed by atoms with Gasteiger partial charge in [0.2, 0.25) is 0 Å². The molecule has 0 atom stereocenters. The smallest absolute Gasteiger partial charge is 0.340 e. The predicted molar refractivity (Wildman–Crippen MR) is 68.0 cm³/mol. The van der Waals surface area contributed by atoms with E-state index in [2.05, 4.69) is 5.10 Å². The number of carbonyl (C=O) groups is 1. The number of carbonyl (C=O) groups excluding carboxylic acids is 1. The van der Waals surface area contributed by atoms with Crippen LogP contribution in [0.2, 0.25) is 0 Å². The molecular formula is C13H13F2N3O2. The monoisotopic (exact) mass is 281 g/mol. The fourth-order valence-electron chi connectivity index (χ4n) is 1.71. The molecular weight excluding hydrogens is 268 g/mol. The summed E-state index contributed by atoms with van der Waals surface area (Å²) in [6.07, 6.45) is 2.09. The minimum Gasteiger partial charge on any atom is -0.462 e. The van der Waals surface area contributed by atoms with Gasteiger partial charge in [-0.3, -0.25) is 4.68 Å². The molecule has 2 N–H and O–H groups in total. The first-order valence-electron chi connectivity index (χ1n) is 5.87. The number of nitrogens with two attached hydrogens (primary N) is 1. The number of esters is 1. The molecule has 0 bridgehead atoms. The zero-order valence-corrected chi connectivity index (χ0v) is 10.8. The summed E-state index contributed by atoms with van der Waals surface area (Å²) in [6, 6.07) is 3.28. The normalized spacial score (nSPS) is 10.6. The lowest BCUT2D eigenvalue weighted by molar-refractivity contribution is 0.0508. The molecule has 0 saturated carbocycles. The summed E-state index contributed by atoms with van der Waals surface area (Å²) < 4.78 is 32.6. The largest absolute Gasteiger partial charge is 0.462 e. The van der Waals surface area contributed by atoms with Crippen LogP contribution in [0.25, 0.3) is 0 Å². The van der Waals surface area contributed by atoms with Crippen LogP contribution >= 0.6 is 0 Å². The standard InChI is InChI=1S/C13H13F2N3O2/c1-18-8(2-4-17-18)3-5-20-13(19)9-6-10(14)11(15)7-12(9)16/h2,4,6-7H,3,5,16H2,1H3. The number of rotatable bonds is 4. The van der Waals surface area contributed by atoms with Crippen LogP contribution in [-0.2, 0) is 18.2 Å². The van der Waals surface area contributed by atoms with Crippen molar-refractivity contribution in [3.8, 4) is 0 Å². The van der Waals surface area contributed by atoms with Gasteiger partial charge >= 0.3 is 5.97 Å². The van der Waals surface area contributed by atoms with Crippen molar-refractivity contribution < 1.29 is 18.3 Å². The fraction of sp³-hybridized carbons (Fsp3) is 0.231. The molecule has 1 aromatic carbocycles. The van der Waals surface area contributed by atoms with Crippen LogP contribution in [0.4, 0.5) is 14.5 Å². The van der Waals surface area contributed by atoms with Gasteiger partial charge in [0, 0.05) is 37.1 Å². The Labute approximate surface area is 114 Å². The Morgan fingerprint density at radius 1 is 1.40 bits per heavy atom. The van der Waals surface area contributed by atoms with Gasteiger partial charge in [0.05, 0.1) is 12.2 Å². The summed E-state index contributed by atoms with van der Waals surface area (Å²) in [5.41, 5.74) is 6.00. The van der Waals surface area contributed by atoms with Crippen molar-refractivity contribution in [2.45, 2.75) is 6.42 Å². The molecule has 0 aliphatic carbocycles. The number of nitrogen functional groups attached to an aromatic ring is 1. The van der Waals surface area contributed by atoms with Gasteiger partial charge in [0.25, 0.3) is 0 Å². The molecule has 0 radical (unpaired) electrons. The maximum Gasteiger partial charge on any atom is 0.340 e. The summed E-state index contributed by atoms with van der Waals surface area (Å²) >= 11 is 0. The number of benzene rings is 1. The van der Waals surface area contributed by atoms with Gasteiger partial charge in [-0.1, -0.05) is 0 Å². The molecule has 5 nitrogen and oxygen atoms in total. The van der Waals surface area contributed by atoms with Crippen molar-refractivity contribution in [3.05, 3.63) is 47.3 Å². The second-order valence-electron chi connectivity index (χ2n) is 4.19. The van der Waals surface area contributed by atoms with Crippen LogP contribution in [0.3, 0.4) is 0 Å². The maximum absolute atomic E-state index is 13.1. The average molecular weight is 281 g/mol. The third kappa shape index (κ3) is 2.93. The number of aromatic nitrogens is 2. The highest BCUT2D eigenvalue weighted by molar-refractivity contribution is 5.95. The number of nitrogens with zero attached hydrogens (tertiary/aromatic N) is 2. The quantitative estimate of drug-likeness (QED) is 0.683. The van der Waals surface area contributed by atoms with E-state index in [0.717, 1.165) is 17.8 Å². The lowest BCUT2D eigenvalue weighted by Crippen LogP contribution is -2.12. The molecule has 0 aliphatic heterocycles. The van der Waals surface area contributed by atoms with Crippen LogP contribution in [0.1, 0.15) is 16.1 Å². The molecule has 2 aromatic rings. The number of anilines is 1. The van der Waals surface area contributed by atoms with E-state index >= 15 is 0 Å². The van der Waals surface area contributed by atoms with Crippen LogP contribution < -0.4 is 5.73 Å². The van der Waals surface area contributed by atoms with Gasteiger partial charge in [0.1, 0.15) is 0 Å². The average Bonchev–Trinajstić information content (AvgIpc) is 2.79. The van der Waals surface area contributed by atoms with E-state index in [-0.39, 0.29) is 17.9 Å². The highest BCUT2D eigenvalue weighted by Gasteiger charge is 2.15. The molecule has 0 unspecified atom stereocenters. The van der Waals surface area contributed by atoms with E-state index in [1.54, 1.807) is 24.0 Å². The predicted octanol–water partition coefficient (Wildman–Crippen LogP) is 1.68. The Kier molecular flexibility index (Phi) is 3.97. The minimum absolute atomic E-state index is 0.0940. The molecule has 1 aromatic heterocycles. The van der Waals surface area contributed by atoms with Gasteiger partial charge in [-0.05, 0) is 12.1 Å². The van der Waals surface area contributed by atoms with E-state index in [4.69, 9.17) is 10.5 Å². The summed E-state index contributed by atoms with van der Waals surface area (Å²) in [5.74, 6) is -3.03. The van der Waals surface area contributed by atoms with E-state index in [1.807, 2.05) is 0 Å². The van der Waals surface area contributed by atoms with Crippen molar-refractivity contribution in [2.75, 3.05) is 12.3 Å². The van der Waals surface area contributed by atoms with Crippen molar-refractivity contribution in [1.82, 2.24) is 9.78 Å². The first-order chi connectivity index (χ1) is 9.49. The highest BCUT2D eigenvalue weighted by Crippen LogP contribution is 2.18. The molecule has 1 heterocycles. The number of hydrogen-bond acceptors (Lipinski definition) is 4. The van der Waals surface area contributed by atoms with Crippen molar-refractivity contribution >= 4 is 11.7 Å². The highest BCUT2D eigenvalue weighted by atomic mass is 19.2. The van der Waals surface area contributed by atoms with E-state index < -0.39 is 17.6 Å². The molecule has 0 amide bonds. The zero-order valence-electron chi connectivity index (χ0n) is 10.8. The minimum atomic E-state index is -1.14. The lowest BCUT2D eigenvalue weighted by Gasteiger charge is -2.07. The van der Waals surface area contributed by atoms with Crippen LogP contribution in [0, 0.1) is 11.6 Å². The van der Waals surface area contributed by atoms with Crippen molar-refractivity contribution in [1.29, 1.82) is 0 Å². The van der Waals surface area contributed by atoms with Gasteiger partial charge in [0.15, 0.2) is 11.6 Å². The molecule has 2 rings (SSSR count). The molecule has 0 saturated heterocycles. The fourth-order valence-corrected chi connectivity index (χ4v) is 1.71. The molecule has 20 heavy (non-hydrogen) atoms. The van der Waals surface area contributed by atoms with Gasteiger partial charge in [-0.25, -0.2) is 13.6 Å². The zero-order chi connectivity index (χ0) is 14.7. The van der Waals surface area contributed by atoms with Crippen molar-refractivity contribution in [3.63, 3.8) is 0 Å². The number of ether oxygens (including phenoxy) is 1. The molecule has 0 spiro atoms. The van der Waals surface area contributed by atoms with Crippen LogP contribution in [-0.4, -0.2) is 22.4 Å². The SMILES string of the molecule is Cn1nccc1CCOC(=O)c1cc(F)c(F)cc1N. The van der Waals surface area contributed by atoms with E-state index in [9.17, 15) is 13.6 Å². The first-order valence-corrected chi connectivity index (χ1v) is 5.87. The number of aryl methyl sites for hydroxylation is 1. The third-order valence-corrected chi connectivity index (χ3v) is 2.83. The summed E-state index contributed by atoms with van der Waals surface area (Å²) in [5, 5.41) is 3.97.